The van der Waals surface area contributed by atoms with Crippen molar-refractivity contribution in [1.29, 1.82) is 0 Å². The van der Waals surface area contributed by atoms with Crippen LogP contribution in [-0.4, -0.2) is 15.7 Å². The zero-order valence-corrected chi connectivity index (χ0v) is 15.1. The van der Waals surface area contributed by atoms with Crippen LogP contribution >= 0.6 is 11.6 Å². The monoisotopic (exact) mass is 373 g/mol. The van der Waals surface area contributed by atoms with Gasteiger partial charge < -0.3 is 5.32 Å². The van der Waals surface area contributed by atoms with Crippen molar-refractivity contribution in [3.05, 3.63) is 102 Å². The molecule has 4 rings (SSSR count). The molecular formula is C22H16ClN3O. The molecule has 0 aliphatic rings. The lowest BCUT2D eigenvalue weighted by Gasteiger charge is -2.10. The number of carbonyl (C=O) groups excluding carboxylic acids is 1. The van der Waals surface area contributed by atoms with Crippen LogP contribution in [0.3, 0.4) is 0 Å². The van der Waals surface area contributed by atoms with E-state index in [-0.39, 0.29) is 5.91 Å². The Morgan fingerprint density at radius 3 is 2.15 bits per heavy atom. The van der Waals surface area contributed by atoms with Gasteiger partial charge in [-0.2, -0.15) is 5.10 Å². The van der Waals surface area contributed by atoms with Gasteiger partial charge in [0.25, 0.3) is 5.91 Å². The van der Waals surface area contributed by atoms with E-state index in [4.69, 9.17) is 11.6 Å². The molecular weight excluding hydrogens is 358 g/mol. The Kier molecular flexibility index (Phi) is 4.73. The first-order valence-corrected chi connectivity index (χ1v) is 8.86. The van der Waals surface area contributed by atoms with Crippen LogP contribution in [-0.2, 0) is 0 Å². The summed E-state index contributed by atoms with van der Waals surface area (Å²) in [5.41, 5.74) is 3.73. The summed E-state index contributed by atoms with van der Waals surface area (Å²) in [6, 6.07) is 26.5. The fourth-order valence-electron chi connectivity index (χ4n) is 2.89. The molecule has 0 aliphatic carbocycles. The lowest BCUT2D eigenvalue weighted by atomic mass is 10.1. The summed E-state index contributed by atoms with van der Waals surface area (Å²) in [6.45, 7) is 0. The van der Waals surface area contributed by atoms with Gasteiger partial charge in [0, 0.05) is 16.3 Å². The molecule has 3 aromatic carbocycles. The maximum absolute atomic E-state index is 12.9. The molecule has 0 fully saturated rings. The summed E-state index contributed by atoms with van der Waals surface area (Å²) in [7, 11) is 0. The Balaban J connectivity index is 1.77. The molecule has 0 saturated heterocycles. The van der Waals surface area contributed by atoms with E-state index in [1.54, 1.807) is 35.1 Å². The molecule has 4 nitrogen and oxygen atoms in total. The first kappa shape index (κ1) is 17.1. The van der Waals surface area contributed by atoms with Crippen molar-refractivity contribution in [3.63, 3.8) is 0 Å². The van der Waals surface area contributed by atoms with Gasteiger partial charge in [-0.25, -0.2) is 4.68 Å². The van der Waals surface area contributed by atoms with Crippen LogP contribution < -0.4 is 5.32 Å². The van der Waals surface area contributed by atoms with E-state index in [1.165, 1.54) is 0 Å². The van der Waals surface area contributed by atoms with E-state index in [0.29, 0.717) is 16.3 Å². The first-order chi connectivity index (χ1) is 13.2. The number of hydrogen-bond donors (Lipinski definition) is 1. The second-order valence-electron chi connectivity index (χ2n) is 5.98. The normalized spacial score (nSPS) is 10.6. The van der Waals surface area contributed by atoms with Gasteiger partial charge in [-0.15, -0.1) is 0 Å². The lowest BCUT2D eigenvalue weighted by molar-refractivity contribution is 0.102. The molecule has 0 aliphatic heterocycles. The van der Waals surface area contributed by atoms with Crippen LogP contribution in [0.2, 0.25) is 5.02 Å². The number of rotatable bonds is 4. The van der Waals surface area contributed by atoms with Crippen molar-refractivity contribution in [3.8, 4) is 16.9 Å². The number of carbonyl (C=O) groups is 1. The molecule has 4 aromatic rings. The zero-order chi connectivity index (χ0) is 18.6. The number of para-hydroxylation sites is 1. The van der Waals surface area contributed by atoms with Gasteiger partial charge >= 0.3 is 0 Å². The third kappa shape index (κ3) is 3.61. The Morgan fingerprint density at radius 2 is 1.48 bits per heavy atom. The average Bonchev–Trinajstić information content (AvgIpc) is 3.16. The number of benzene rings is 3. The van der Waals surface area contributed by atoms with Crippen LogP contribution in [0.4, 0.5) is 5.69 Å². The molecule has 0 bridgehead atoms. The minimum atomic E-state index is -0.224. The number of nitrogens with zero attached hydrogens (tertiary/aromatic N) is 2. The Labute approximate surface area is 162 Å². The van der Waals surface area contributed by atoms with Crippen LogP contribution in [0, 0.1) is 0 Å². The molecule has 1 N–H and O–H groups in total. The van der Waals surface area contributed by atoms with Crippen molar-refractivity contribution in [2.24, 2.45) is 0 Å². The number of amides is 1. The van der Waals surface area contributed by atoms with Crippen molar-refractivity contribution in [2.45, 2.75) is 0 Å². The molecule has 1 amide bonds. The maximum Gasteiger partial charge on any atom is 0.259 e. The number of halogens is 1. The fourth-order valence-corrected chi connectivity index (χ4v) is 3.01. The SMILES string of the molecule is O=C(Nc1ccc(Cl)cc1)c1cnn(-c2ccccc2)c1-c1ccccc1. The van der Waals surface area contributed by atoms with Gasteiger partial charge in [0.05, 0.1) is 23.1 Å². The quantitative estimate of drug-likeness (QED) is 0.517. The summed E-state index contributed by atoms with van der Waals surface area (Å²) in [6.07, 6.45) is 1.60. The van der Waals surface area contributed by atoms with E-state index in [9.17, 15) is 4.79 Å². The maximum atomic E-state index is 12.9. The van der Waals surface area contributed by atoms with Gasteiger partial charge in [0.15, 0.2) is 0 Å². The summed E-state index contributed by atoms with van der Waals surface area (Å²) in [4.78, 5) is 12.9. The highest BCUT2D eigenvalue weighted by atomic mass is 35.5. The van der Waals surface area contributed by atoms with Crippen molar-refractivity contribution in [2.75, 3.05) is 5.32 Å². The average molecular weight is 374 g/mol. The van der Waals surface area contributed by atoms with E-state index in [0.717, 1.165) is 16.9 Å². The van der Waals surface area contributed by atoms with E-state index in [1.807, 2.05) is 60.7 Å². The fraction of sp³-hybridized carbons (Fsp3) is 0. The first-order valence-electron chi connectivity index (χ1n) is 8.48. The Hall–Kier alpha value is -3.37. The summed E-state index contributed by atoms with van der Waals surface area (Å²) < 4.78 is 1.78. The van der Waals surface area contributed by atoms with Crippen LogP contribution in [0.1, 0.15) is 10.4 Å². The molecule has 0 radical (unpaired) electrons. The van der Waals surface area contributed by atoms with E-state index >= 15 is 0 Å². The van der Waals surface area contributed by atoms with Crippen LogP contribution in [0.5, 0.6) is 0 Å². The molecule has 27 heavy (non-hydrogen) atoms. The molecule has 1 heterocycles. The topological polar surface area (TPSA) is 46.9 Å². The van der Waals surface area contributed by atoms with Crippen LogP contribution in [0.15, 0.2) is 91.1 Å². The predicted octanol–water partition coefficient (Wildman–Crippen LogP) is 5.45. The highest BCUT2D eigenvalue weighted by Crippen LogP contribution is 2.27. The molecule has 0 unspecified atom stereocenters. The van der Waals surface area contributed by atoms with E-state index in [2.05, 4.69) is 10.4 Å². The number of aromatic nitrogens is 2. The summed E-state index contributed by atoms with van der Waals surface area (Å²) >= 11 is 5.92. The number of hydrogen-bond acceptors (Lipinski definition) is 2. The Morgan fingerprint density at radius 1 is 0.852 bits per heavy atom. The standard InChI is InChI=1S/C22H16ClN3O/c23-17-11-13-18(14-12-17)25-22(27)20-15-24-26(19-9-5-2-6-10-19)21(20)16-7-3-1-4-8-16/h1-15H,(H,25,27). The van der Waals surface area contributed by atoms with Gasteiger partial charge in [0.1, 0.15) is 0 Å². The highest BCUT2D eigenvalue weighted by molar-refractivity contribution is 6.30. The number of nitrogens with one attached hydrogen (secondary N) is 1. The highest BCUT2D eigenvalue weighted by Gasteiger charge is 2.20. The van der Waals surface area contributed by atoms with Gasteiger partial charge in [0.2, 0.25) is 0 Å². The second-order valence-corrected chi connectivity index (χ2v) is 6.42. The van der Waals surface area contributed by atoms with Gasteiger partial charge in [-0.05, 0) is 36.4 Å². The molecule has 0 spiro atoms. The van der Waals surface area contributed by atoms with Gasteiger partial charge in [-0.3, -0.25) is 4.79 Å². The molecule has 0 saturated carbocycles. The molecule has 5 heteroatoms. The smallest absolute Gasteiger partial charge is 0.259 e. The molecule has 0 atom stereocenters. The third-order valence-electron chi connectivity index (χ3n) is 4.16. The minimum Gasteiger partial charge on any atom is -0.322 e. The predicted molar refractivity (Wildman–Crippen MR) is 108 cm³/mol. The lowest BCUT2D eigenvalue weighted by Crippen LogP contribution is -2.13. The zero-order valence-electron chi connectivity index (χ0n) is 14.3. The Bertz CT molecular complexity index is 1060. The molecule has 1 aromatic heterocycles. The summed E-state index contributed by atoms with van der Waals surface area (Å²) in [5, 5.41) is 8.00. The summed E-state index contributed by atoms with van der Waals surface area (Å²) in [5.74, 6) is -0.224. The van der Waals surface area contributed by atoms with Crippen molar-refractivity contribution in [1.82, 2.24) is 9.78 Å². The largest absolute Gasteiger partial charge is 0.322 e. The van der Waals surface area contributed by atoms with E-state index < -0.39 is 0 Å². The van der Waals surface area contributed by atoms with Crippen molar-refractivity contribution < 1.29 is 4.79 Å². The molecule has 132 valence electrons. The van der Waals surface area contributed by atoms with Crippen LogP contribution in [0.25, 0.3) is 16.9 Å². The van der Waals surface area contributed by atoms with Crippen molar-refractivity contribution >= 4 is 23.2 Å². The number of anilines is 1. The third-order valence-corrected chi connectivity index (χ3v) is 4.42. The van der Waals surface area contributed by atoms with Gasteiger partial charge in [-0.1, -0.05) is 60.1 Å². The minimum absolute atomic E-state index is 0.224. The second kappa shape index (κ2) is 7.48.